The molecule has 2 aromatic carbocycles. The first-order valence-corrected chi connectivity index (χ1v) is 9.51. The predicted molar refractivity (Wildman–Crippen MR) is 111 cm³/mol. The number of halogens is 3. The van der Waals surface area contributed by atoms with Crippen molar-refractivity contribution in [1.29, 1.82) is 0 Å². The van der Waals surface area contributed by atoms with Crippen molar-refractivity contribution in [2.24, 2.45) is 0 Å². The molecule has 32 heavy (non-hydrogen) atoms. The van der Waals surface area contributed by atoms with Gasteiger partial charge in [-0.25, -0.2) is 4.98 Å². The van der Waals surface area contributed by atoms with Crippen LogP contribution >= 0.6 is 0 Å². The Morgan fingerprint density at radius 3 is 2.09 bits per heavy atom. The van der Waals surface area contributed by atoms with Crippen molar-refractivity contribution in [1.82, 2.24) is 4.98 Å². The fraction of sp³-hybridized carbons (Fsp3) is 0.174. The fourth-order valence-electron chi connectivity index (χ4n) is 2.61. The van der Waals surface area contributed by atoms with E-state index in [-0.39, 0.29) is 17.6 Å². The molecule has 0 unspecified atom stereocenters. The van der Waals surface area contributed by atoms with Crippen LogP contribution in [0.2, 0.25) is 0 Å². The molecule has 1 heterocycles. The van der Waals surface area contributed by atoms with Gasteiger partial charge in [0.05, 0.1) is 5.56 Å². The standard InChI is InChI=1S/C23H19F3N2O4/c1-14(29)16-3-6-18(7-4-16)28-22(30)15(2)31-19-8-10-20(11-9-19)32-21-12-5-17(13-27-21)23(24,25)26/h3-13,15H,1-2H3,(H,28,30)/t15-/m0/s1. The van der Waals surface area contributed by atoms with E-state index in [4.69, 9.17) is 9.47 Å². The molecular weight excluding hydrogens is 425 g/mol. The summed E-state index contributed by atoms with van der Waals surface area (Å²) < 4.78 is 48.8. The SMILES string of the molecule is CC(=O)c1ccc(NC(=O)[C@H](C)Oc2ccc(Oc3ccc(C(F)(F)F)cn3)cc2)cc1. The van der Waals surface area contributed by atoms with E-state index in [1.165, 1.54) is 6.92 Å². The summed E-state index contributed by atoms with van der Waals surface area (Å²) in [6, 6.07) is 14.7. The average Bonchev–Trinajstić information content (AvgIpc) is 2.75. The third-order valence-corrected chi connectivity index (χ3v) is 4.35. The topological polar surface area (TPSA) is 77.5 Å². The highest BCUT2D eigenvalue weighted by molar-refractivity contribution is 5.96. The highest BCUT2D eigenvalue weighted by Gasteiger charge is 2.30. The maximum Gasteiger partial charge on any atom is 0.417 e. The Hall–Kier alpha value is -3.88. The van der Waals surface area contributed by atoms with Gasteiger partial charge in [0.1, 0.15) is 11.5 Å². The van der Waals surface area contributed by atoms with E-state index in [1.807, 2.05) is 0 Å². The molecule has 1 aromatic heterocycles. The van der Waals surface area contributed by atoms with Crippen molar-refractivity contribution >= 4 is 17.4 Å². The normalized spacial score (nSPS) is 12.0. The Labute approximate surface area is 182 Å². The molecule has 1 atom stereocenters. The summed E-state index contributed by atoms with van der Waals surface area (Å²) >= 11 is 0. The fourth-order valence-corrected chi connectivity index (χ4v) is 2.61. The second-order valence-electron chi connectivity index (χ2n) is 6.84. The second-order valence-corrected chi connectivity index (χ2v) is 6.84. The van der Waals surface area contributed by atoms with E-state index in [0.717, 1.165) is 12.1 Å². The first-order valence-electron chi connectivity index (χ1n) is 9.51. The number of anilines is 1. The first-order chi connectivity index (χ1) is 15.1. The molecule has 0 saturated heterocycles. The lowest BCUT2D eigenvalue weighted by molar-refractivity contribution is -0.137. The molecule has 1 N–H and O–H groups in total. The van der Waals surface area contributed by atoms with Gasteiger partial charge in [0.25, 0.3) is 5.91 Å². The van der Waals surface area contributed by atoms with Gasteiger partial charge in [-0.3, -0.25) is 9.59 Å². The van der Waals surface area contributed by atoms with Gasteiger partial charge in [-0.15, -0.1) is 0 Å². The molecule has 0 aliphatic carbocycles. The van der Waals surface area contributed by atoms with Gasteiger partial charge in [-0.1, -0.05) is 0 Å². The molecule has 0 aliphatic rings. The number of aromatic nitrogens is 1. The first kappa shape index (κ1) is 22.8. The van der Waals surface area contributed by atoms with Crippen LogP contribution in [0, 0.1) is 0 Å². The number of ketones is 1. The van der Waals surface area contributed by atoms with Crippen molar-refractivity contribution in [2.75, 3.05) is 5.32 Å². The number of carbonyl (C=O) groups is 2. The zero-order valence-corrected chi connectivity index (χ0v) is 17.1. The molecule has 0 saturated carbocycles. The van der Waals surface area contributed by atoms with Gasteiger partial charge in [-0.2, -0.15) is 13.2 Å². The molecule has 1 amide bonds. The number of benzene rings is 2. The Bertz CT molecular complexity index is 1080. The summed E-state index contributed by atoms with van der Waals surface area (Å²) in [4.78, 5) is 27.3. The molecule has 0 spiro atoms. The third kappa shape index (κ3) is 6.07. The van der Waals surface area contributed by atoms with Crippen LogP contribution in [-0.4, -0.2) is 22.8 Å². The third-order valence-electron chi connectivity index (χ3n) is 4.35. The number of nitrogens with zero attached hydrogens (tertiary/aromatic N) is 1. The van der Waals surface area contributed by atoms with E-state index in [2.05, 4.69) is 10.3 Å². The number of nitrogens with one attached hydrogen (secondary N) is 1. The van der Waals surface area contributed by atoms with Gasteiger partial charge in [0.2, 0.25) is 5.88 Å². The van der Waals surface area contributed by atoms with E-state index < -0.39 is 17.8 Å². The molecule has 0 fully saturated rings. The molecule has 9 heteroatoms. The largest absolute Gasteiger partial charge is 0.481 e. The van der Waals surface area contributed by atoms with E-state index in [0.29, 0.717) is 28.9 Å². The number of ether oxygens (including phenoxy) is 2. The van der Waals surface area contributed by atoms with E-state index >= 15 is 0 Å². The van der Waals surface area contributed by atoms with Crippen LogP contribution in [0.15, 0.2) is 66.9 Å². The second kappa shape index (κ2) is 9.51. The molecule has 166 valence electrons. The molecule has 6 nitrogen and oxygen atoms in total. The van der Waals surface area contributed by atoms with E-state index in [1.54, 1.807) is 55.5 Å². The molecule has 0 aliphatic heterocycles. The summed E-state index contributed by atoms with van der Waals surface area (Å²) in [6.45, 7) is 3.04. The van der Waals surface area contributed by atoms with Gasteiger partial charge in [-0.05, 0) is 68.4 Å². The Kier molecular flexibility index (Phi) is 6.77. The highest BCUT2D eigenvalue weighted by atomic mass is 19.4. The number of pyridine rings is 1. The van der Waals surface area contributed by atoms with E-state index in [9.17, 15) is 22.8 Å². The lowest BCUT2D eigenvalue weighted by Gasteiger charge is -2.15. The summed E-state index contributed by atoms with van der Waals surface area (Å²) in [6.07, 6.45) is -4.59. The van der Waals surface area contributed by atoms with Gasteiger partial charge in [0.15, 0.2) is 11.9 Å². The lowest BCUT2D eigenvalue weighted by atomic mass is 10.1. The van der Waals surface area contributed by atoms with Gasteiger partial charge in [0, 0.05) is 23.5 Å². The monoisotopic (exact) mass is 444 g/mol. The van der Waals surface area contributed by atoms with Crippen LogP contribution in [0.25, 0.3) is 0 Å². The number of hydrogen-bond acceptors (Lipinski definition) is 5. The minimum atomic E-state index is -4.47. The zero-order valence-electron chi connectivity index (χ0n) is 17.1. The summed E-state index contributed by atoms with van der Waals surface area (Å²) in [7, 11) is 0. The summed E-state index contributed by atoms with van der Waals surface area (Å²) in [5.41, 5.74) is 0.208. The smallest absolute Gasteiger partial charge is 0.417 e. The number of hydrogen-bond donors (Lipinski definition) is 1. The van der Waals surface area contributed by atoms with Crippen LogP contribution in [0.5, 0.6) is 17.4 Å². The minimum Gasteiger partial charge on any atom is -0.481 e. The van der Waals surface area contributed by atoms with Crippen LogP contribution in [-0.2, 0) is 11.0 Å². The summed E-state index contributed by atoms with van der Waals surface area (Å²) in [5.74, 6) is 0.297. The predicted octanol–water partition coefficient (Wildman–Crippen LogP) is 5.50. The maximum atomic E-state index is 12.6. The van der Waals surface area contributed by atoms with Crippen molar-refractivity contribution in [2.45, 2.75) is 26.1 Å². The van der Waals surface area contributed by atoms with Gasteiger partial charge < -0.3 is 14.8 Å². The maximum absolute atomic E-state index is 12.6. The van der Waals surface area contributed by atoms with Crippen molar-refractivity contribution in [3.05, 3.63) is 78.0 Å². The molecule has 0 radical (unpaired) electrons. The molecule has 3 rings (SSSR count). The quantitative estimate of drug-likeness (QED) is 0.487. The highest BCUT2D eigenvalue weighted by Crippen LogP contribution is 2.30. The molecule has 3 aromatic rings. The zero-order chi connectivity index (χ0) is 23.3. The minimum absolute atomic E-state index is 0.00945. The van der Waals surface area contributed by atoms with Crippen molar-refractivity contribution in [3.8, 4) is 17.4 Å². The number of rotatable bonds is 7. The number of Topliss-reactive ketones (excluding diaryl/α,β-unsaturated/α-hetero) is 1. The van der Waals surface area contributed by atoms with Crippen molar-refractivity contribution in [3.63, 3.8) is 0 Å². The lowest BCUT2D eigenvalue weighted by Crippen LogP contribution is -2.30. The van der Waals surface area contributed by atoms with Crippen LogP contribution in [0.3, 0.4) is 0 Å². The van der Waals surface area contributed by atoms with Crippen LogP contribution in [0.1, 0.15) is 29.8 Å². The molecule has 0 bridgehead atoms. The van der Waals surface area contributed by atoms with Crippen molar-refractivity contribution < 1.29 is 32.2 Å². The Morgan fingerprint density at radius 2 is 1.56 bits per heavy atom. The summed E-state index contributed by atoms with van der Waals surface area (Å²) in [5, 5.41) is 2.70. The molecular formula is C23H19F3N2O4. The Balaban J connectivity index is 1.55. The van der Waals surface area contributed by atoms with Crippen LogP contribution in [0.4, 0.5) is 18.9 Å². The van der Waals surface area contributed by atoms with Crippen LogP contribution < -0.4 is 14.8 Å². The van der Waals surface area contributed by atoms with Gasteiger partial charge >= 0.3 is 6.18 Å². The Morgan fingerprint density at radius 1 is 0.938 bits per heavy atom. The number of carbonyl (C=O) groups excluding carboxylic acids is 2. The average molecular weight is 444 g/mol. The number of alkyl halides is 3. The number of amides is 1.